The number of hydrogen-bond acceptors (Lipinski definition) is 4. The van der Waals surface area contributed by atoms with E-state index in [0.29, 0.717) is 13.2 Å². The smallest absolute Gasteiger partial charge is 0.0666 e. The van der Waals surface area contributed by atoms with Crippen molar-refractivity contribution in [2.24, 2.45) is 11.3 Å². The van der Waals surface area contributed by atoms with E-state index in [1.165, 1.54) is 0 Å². The van der Waals surface area contributed by atoms with E-state index in [0.717, 1.165) is 19.6 Å². The summed E-state index contributed by atoms with van der Waals surface area (Å²) in [6, 6.07) is 2.23. The molecule has 0 aliphatic carbocycles. The van der Waals surface area contributed by atoms with Crippen LogP contribution in [-0.4, -0.2) is 49.5 Å². The van der Waals surface area contributed by atoms with E-state index >= 15 is 0 Å². The topological polar surface area (TPSA) is 56.5 Å². The Labute approximate surface area is 91.4 Å². The maximum atomic E-state index is 9.30. The first-order valence-electron chi connectivity index (χ1n) is 5.46. The van der Waals surface area contributed by atoms with E-state index in [2.05, 4.69) is 17.9 Å². The molecule has 0 aromatic heterocycles. The predicted octanol–water partition coefficient (Wildman–Crippen LogP) is 0.477. The molecule has 86 valence electrons. The molecule has 4 nitrogen and oxygen atoms in total. The highest BCUT2D eigenvalue weighted by Crippen LogP contribution is 2.28. The van der Waals surface area contributed by atoms with Crippen LogP contribution in [-0.2, 0) is 4.74 Å². The van der Waals surface area contributed by atoms with E-state index in [9.17, 15) is 5.11 Å². The summed E-state index contributed by atoms with van der Waals surface area (Å²) in [7, 11) is 0. The number of nitrogens with zero attached hydrogens (tertiary/aromatic N) is 2. The molecule has 4 heteroatoms. The third-order valence-electron chi connectivity index (χ3n) is 2.91. The number of nitriles is 1. The minimum atomic E-state index is -0.0782. The van der Waals surface area contributed by atoms with Gasteiger partial charge in [-0.15, -0.1) is 0 Å². The Morgan fingerprint density at radius 3 is 2.60 bits per heavy atom. The maximum Gasteiger partial charge on any atom is 0.0666 e. The Hall–Kier alpha value is -0.630. The number of ether oxygens (including phenoxy) is 1. The molecule has 0 aromatic rings. The lowest BCUT2D eigenvalue weighted by Gasteiger charge is -2.43. The second-order valence-corrected chi connectivity index (χ2v) is 4.51. The van der Waals surface area contributed by atoms with Crippen molar-refractivity contribution >= 4 is 0 Å². The molecule has 0 saturated carbocycles. The van der Waals surface area contributed by atoms with E-state index in [-0.39, 0.29) is 17.9 Å². The SMILES string of the molecule is CCN(CC(C)C#N)CC1(CO)COC1. The molecule has 1 rings (SSSR count). The van der Waals surface area contributed by atoms with Crippen molar-refractivity contribution in [2.75, 3.05) is 39.5 Å². The van der Waals surface area contributed by atoms with E-state index in [1.807, 2.05) is 6.92 Å². The zero-order valence-electron chi connectivity index (χ0n) is 9.57. The number of aliphatic hydroxyl groups is 1. The summed E-state index contributed by atoms with van der Waals surface area (Å²) in [4.78, 5) is 2.21. The molecule has 1 atom stereocenters. The molecule has 1 unspecified atom stereocenters. The Morgan fingerprint density at radius 2 is 2.27 bits per heavy atom. The monoisotopic (exact) mass is 212 g/mol. The standard InChI is InChI=1S/C11H20N2O2/c1-3-13(5-10(2)4-12)6-11(7-14)8-15-9-11/h10,14H,3,5-9H2,1-2H3. The molecule has 1 aliphatic rings. The number of rotatable bonds is 6. The van der Waals surface area contributed by atoms with Crippen molar-refractivity contribution in [3.05, 3.63) is 0 Å². The van der Waals surface area contributed by atoms with Crippen LogP contribution in [0.4, 0.5) is 0 Å². The first-order valence-corrected chi connectivity index (χ1v) is 5.46. The first-order chi connectivity index (χ1) is 7.15. The van der Waals surface area contributed by atoms with Crippen LogP contribution in [0, 0.1) is 22.7 Å². The van der Waals surface area contributed by atoms with Gasteiger partial charge >= 0.3 is 0 Å². The Bertz CT molecular complexity index is 228. The van der Waals surface area contributed by atoms with Gasteiger partial charge in [-0.25, -0.2) is 0 Å². The van der Waals surface area contributed by atoms with Gasteiger partial charge in [0.2, 0.25) is 0 Å². The van der Waals surface area contributed by atoms with Crippen LogP contribution in [0.3, 0.4) is 0 Å². The highest BCUT2D eigenvalue weighted by Gasteiger charge is 2.39. The average molecular weight is 212 g/mol. The molecule has 0 aromatic carbocycles. The van der Waals surface area contributed by atoms with Crippen LogP contribution in [0.5, 0.6) is 0 Å². The van der Waals surface area contributed by atoms with Crippen molar-refractivity contribution < 1.29 is 9.84 Å². The Balaban J connectivity index is 2.42. The second-order valence-electron chi connectivity index (χ2n) is 4.51. The van der Waals surface area contributed by atoms with Crippen molar-refractivity contribution in [1.29, 1.82) is 5.26 Å². The zero-order valence-corrected chi connectivity index (χ0v) is 9.57. The lowest BCUT2D eigenvalue weighted by molar-refractivity contribution is -0.148. The van der Waals surface area contributed by atoms with Gasteiger partial charge in [0, 0.05) is 13.1 Å². The quantitative estimate of drug-likeness (QED) is 0.695. The fraction of sp³-hybridized carbons (Fsp3) is 0.909. The molecule has 1 N–H and O–H groups in total. The fourth-order valence-electron chi connectivity index (χ4n) is 1.83. The van der Waals surface area contributed by atoms with Crippen molar-refractivity contribution in [3.8, 4) is 6.07 Å². The van der Waals surface area contributed by atoms with Gasteiger partial charge in [-0.2, -0.15) is 5.26 Å². The first kappa shape index (κ1) is 12.4. The van der Waals surface area contributed by atoms with E-state index in [4.69, 9.17) is 10.00 Å². The molecule has 0 amide bonds. The van der Waals surface area contributed by atoms with Crippen LogP contribution < -0.4 is 0 Å². The Morgan fingerprint density at radius 1 is 1.60 bits per heavy atom. The molecule has 1 aliphatic heterocycles. The zero-order chi connectivity index (χ0) is 11.3. The number of hydrogen-bond donors (Lipinski definition) is 1. The molecule has 0 spiro atoms. The van der Waals surface area contributed by atoms with Gasteiger partial charge in [0.05, 0.1) is 37.2 Å². The van der Waals surface area contributed by atoms with Gasteiger partial charge in [-0.3, -0.25) is 0 Å². The molecule has 0 radical (unpaired) electrons. The third kappa shape index (κ3) is 3.16. The predicted molar refractivity (Wildman–Crippen MR) is 57.2 cm³/mol. The maximum absolute atomic E-state index is 9.30. The molecule has 1 saturated heterocycles. The lowest BCUT2D eigenvalue weighted by Crippen LogP contribution is -2.53. The summed E-state index contributed by atoms with van der Waals surface area (Å²) in [5, 5.41) is 18.1. The van der Waals surface area contributed by atoms with Crippen LogP contribution >= 0.6 is 0 Å². The van der Waals surface area contributed by atoms with Crippen molar-refractivity contribution in [2.45, 2.75) is 13.8 Å². The van der Waals surface area contributed by atoms with Gasteiger partial charge in [-0.1, -0.05) is 6.92 Å². The molecular weight excluding hydrogens is 192 g/mol. The fourth-order valence-corrected chi connectivity index (χ4v) is 1.83. The van der Waals surface area contributed by atoms with Gasteiger partial charge < -0.3 is 14.7 Å². The molecule has 15 heavy (non-hydrogen) atoms. The minimum Gasteiger partial charge on any atom is -0.396 e. The summed E-state index contributed by atoms with van der Waals surface area (Å²) >= 11 is 0. The highest BCUT2D eigenvalue weighted by molar-refractivity contribution is 4.90. The second kappa shape index (κ2) is 5.45. The summed E-state index contributed by atoms with van der Waals surface area (Å²) in [6.07, 6.45) is 0. The average Bonchev–Trinajstić information content (AvgIpc) is 2.21. The molecular formula is C11H20N2O2. The van der Waals surface area contributed by atoms with Crippen LogP contribution in [0.1, 0.15) is 13.8 Å². The van der Waals surface area contributed by atoms with Gasteiger partial charge in [0.25, 0.3) is 0 Å². The minimum absolute atomic E-state index is 0.0432. The summed E-state index contributed by atoms with van der Waals surface area (Å²) in [5.41, 5.74) is -0.0782. The largest absolute Gasteiger partial charge is 0.396 e. The lowest BCUT2D eigenvalue weighted by atomic mass is 9.86. The third-order valence-corrected chi connectivity index (χ3v) is 2.91. The van der Waals surface area contributed by atoms with Gasteiger partial charge in [-0.05, 0) is 13.5 Å². The molecule has 1 heterocycles. The van der Waals surface area contributed by atoms with Gasteiger partial charge in [0.15, 0.2) is 0 Å². The van der Waals surface area contributed by atoms with Gasteiger partial charge in [0.1, 0.15) is 0 Å². The molecule has 1 fully saturated rings. The van der Waals surface area contributed by atoms with Crippen LogP contribution in [0.15, 0.2) is 0 Å². The summed E-state index contributed by atoms with van der Waals surface area (Å²) in [6.45, 7) is 7.96. The normalized spacial score (nSPS) is 20.7. The number of aliphatic hydroxyl groups excluding tert-OH is 1. The highest BCUT2D eigenvalue weighted by atomic mass is 16.5. The summed E-state index contributed by atoms with van der Waals surface area (Å²) < 4.78 is 5.15. The van der Waals surface area contributed by atoms with Crippen LogP contribution in [0.2, 0.25) is 0 Å². The van der Waals surface area contributed by atoms with Crippen molar-refractivity contribution in [1.82, 2.24) is 4.90 Å². The van der Waals surface area contributed by atoms with E-state index < -0.39 is 0 Å². The van der Waals surface area contributed by atoms with Crippen LogP contribution in [0.25, 0.3) is 0 Å². The molecule has 0 bridgehead atoms. The Kier molecular flexibility index (Phi) is 4.52. The summed E-state index contributed by atoms with van der Waals surface area (Å²) in [5.74, 6) is 0.0432. The van der Waals surface area contributed by atoms with Crippen molar-refractivity contribution in [3.63, 3.8) is 0 Å². The van der Waals surface area contributed by atoms with E-state index in [1.54, 1.807) is 0 Å².